The molecule has 0 saturated heterocycles. The van der Waals surface area contributed by atoms with Gasteiger partial charge in [-0.05, 0) is 31.5 Å². The number of nitrogen functional groups attached to an aromatic ring is 1. The van der Waals surface area contributed by atoms with Crippen LogP contribution in [0.25, 0.3) is 11.3 Å². The maximum absolute atomic E-state index is 13.7. The van der Waals surface area contributed by atoms with Crippen LogP contribution in [0.15, 0.2) is 24.3 Å². The van der Waals surface area contributed by atoms with Gasteiger partial charge in [0.15, 0.2) is 0 Å². The van der Waals surface area contributed by atoms with Crippen LogP contribution in [0.4, 0.5) is 10.3 Å². The van der Waals surface area contributed by atoms with E-state index in [-0.39, 0.29) is 11.8 Å². The first-order chi connectivity index (χ1) is 8.10. The first-order valence-corrected chi connectivity index (χ1v) is 5.50. The largest absolute Gasteiger partial charge is 0.368 e. The lowest BCUT2D eigenvalue weighted by molar-refractivity contribution is 0.630. The molecule has 1 heterocycles. The Morgan fingerprint density at radius 3 is 2.71 bits per heavy atom. The maximum Gasteiger partial charge on any atom is 0.220 e. The van der Waals surface area contributed by atoms with Gasteiger partial charge in [-0.2, -0.15) is 0 Å². The van der Waals surface area contributed by atoms with E-state index in [1.54, 1.807) is 18.2 Å². The molecule has 0 aliphatic rings. The Labute approximate surface area is 99.5 Å². The molecule has 2 rings (SSSR count). The molecule has 0 amide bonds. The highest BCUT2D eigenvalue weighted by atomic mass is 19.1. The Balaban J connectivity index is 2.59. The molecular formula is C13H14FN3. The molecule has 0 bridgehead atoms. The van der Waals surface area contributed by atoms with Gasteiger partial charge in [0.25, 0.3) is 0 Å². The van der Waals surface area contributed by atoms with Crippen molar-refractivity contribution < 1.29 is 4.39 Å². The summed E-state index contributed by atoms with van der Waals surface area (Å²) in [5.41, 5.74) is 8.42. The Morgan fingerprint density at radius 1 is 1.24 bits per heavy atom. The molecule has 3 nitrogen and oxygen atoms in total. The van der Waals surface area contributed by atoms with Gasteiger partial charge in [0.05, 0.1) is 5.69 Å². The second kappa shape index (κ2) is 4.49. The highest BCUT2D eigenvalue weighted by Gasteiger charge is 2.09. The molecule has 0 atom stereocenters. The van der Waals surface area contributed by atoms with Gasteiger partial charge in [-0.3, -0.25) is 0 Å². The number of anilines is 1. The minimum absolute atomic E-state index is 0.181. The van der Waals surface area contributed by atoms with Crippen LogP contribution in [-0.4, -0.2) is 9.97 Å². The molecule has 2 N–H and O–H groups in total. The fourth-order valence-electron chi connectivity index (χ4n) is 1.67. The lowest BCUT2D eigenvalue weighted by Crippen LogP contribution is -2.01. The van der Waals surface area contributed by atoms with E-state index in [2.05, 4.69) is 9.97 Å². The highest BCUT2D eigenvalue weighted by Crippen LogP contribution is 2.23. The predicted octanol–water partition coefficient (Wildman–Crippen LogP) is 2.74. The summed E-state index contributed by atoms with van der Waals surface area (Å²) in [6.07, 6.45) is 0.743. The van der Waals surface area contributed by atoms with Crippen molar-refractivity contribution in [3.05, 3.63) is 41.3 Å². The summed E-state index contributed by atoms with van der Waals surface area (Å²) in [5.74, 6) is -0.115. The van der Waals surface area contributed by atoms with Crippen molar-refractivity contribution in [2.45, 2.75) is 20.3 Å². The van der Waals surface area contributed by atoms with Crippen LogP contribution < -0.4 is 5.73 Å². The first-order valence-electron chi connectivity index (χ1n) is 5.50. The zero-order valence-electron chi connectivity index (χ0n) is 9.87. The lowest BCUT2D eigenvalue weighted by Gasteiger charge is -2.06. The van der Waals surface area contributed by atoms with Crippen LogP contribution in [0.2, 0.25) is 0 Å². The smallest absolute Gasteiger partial charge is 0.220 e. The van der Waals surface area contributed by atoms with E-state index in [0.29, 0.717) is 11.3 Å². The Hall–Kier alpha value is -1.97. The number of hydrogen-bond acceptors (Lipinski definition) is 3. The zero-order chi connectivity index (χ0) is 12.4. The van der Waals surface area contributed by atoms with E-state index in [4.69, 9.17) is 5.73 Å². The molecule has 0 unspecified atom stereocenters. The van der Waals surface area contributed by atoms with E-state index in [1.165, 1.54) is 6.07 Å². The molecule has 0 aliphatic heterocycles. The minimum Gasteiger partial charge on any atom is -0.368 e. The van der Waals surface area contributed by atoms with Gasteiger partial charge in [-0.15, -0.1) is 0 Å². The van der Waals surface area contributed by atoms with Gasteiger partial charge in [0.1, 0.15) is 5.82 Å². The molecule has 0 saturated carbocycles. The molecule has 1 aromatic carbocycles. The summed E-state index contributed by atoms with van der Waals surface area (Å²) in [6.45, 7) is 3.88. The number of aryl methyl sites for hydroxylation is 2. The van der Waals surface area contributed by atoms with Gasteiger partial charge in [-0.25, -0.2) is 14.4 Å². The van der Waals surface area contributed by atoms with Crippen LogP contribution in [0, 0.1) is 12.7 Å². The van der Waals surface area contributed by atoms with Gasteiger partial charge in [-0.1, -0.05) is 18.6 Å². The summed E-state index contributed by atoms with van der Waals surface area (Å²) in [5, 5.41) is 0. The number of hydrogen-bond donors (Lipinski definition) is 1. The predicted molar refractivity (Wildman–Crippen MR) is 66.0 cm³/mol. The van der Waals surface area contributed by atoms with Crippen molar-refractivity contribution in [3.63, 3.8) is 0 Å². The number of aromatic nitrogens is 2. The Bertz CT molecular complexity index is 552. The van der Waals surface area contributed by atoms with Crippen molar-refractivity contribution in [1.29, 1.82) is 0 Å². The molecule has 2 aromatic rings. The van der Waals surface area contributed by atoms with Crippen molar-refractivity contribution in [3.8, 4) is 11.3 Å². The average Bonchev–Trinajstić information content (AvgIpc) is 2.31. The van der Waals surface area contributed by atoms with E-state index in [9.17, 15) is 4.39 Å². The van der Waals surface area contributed by atoms with Crippen LogP contribution in [0.1, 0.15) is 18.2 Å². The summed E-state index contributed by atoms with van der Waals surface area (Å²) in [4.78, 5) is 8.15. The van der Waals surface area contributed by atoms with Crippen LogP contribution in [0.5, 0.6) is 0 Å². The molecule has 0 radical (unpaired) electrons. The Kier molecular flexibility index (Phi) is 3.04. The number of benzene rings is 1. The topological polar surface area (TPSA) is 51.8 Å². The Morgan fingerprint density at radius 2 is 2.00 bits per heavy atom. The van der Waals surface area contributed by atoms with Gasteiger partial charge >= 0.3 is 0 Å². The molecular weight excluding hydrogens is 217 g/mol. The van der Waals surface area contributed by atoms with Crippen molar-refractivity contribution >= 4 is 5.95 Å². The third-order valence-corrected chi connectivity index (χ3v) is 2.56. The third kappa shape index (κ3) is 2.41. The number of halogens is 1. The fraction of sp³-hybridized carbons (Fsp3) is 0.231. The fourth-order valence-corrected chi connectivity index (χ4v) is 1.67. The summed E-state index contributed by atoms with van der Waals surface area (Å²) >= 11 is 0. The maximum atomic E-state index is 13.7. The molecule has 4 heteroatoms. The zero-order valence-corrected chi connectivity index (χ0v) is 9.87. The molecule has 17 heavy (non-hydrogen) atoms. The summed E-state index contributed by atoms with van der Waals surface area (Å²) in [6, 6.07) is 6.70. The highest BCUT2D eigenvalue weighted by molar-refractivity contribution is 5.62. The van der Waals surface area contributed by atoms with Crippen molar-refractivity contribution in [2.75, 3.05) is 5.73 Å². The first kappa shape index (κ1) is 11.5. The number of rotatable bonds is 2. The van der Waals surface area contributed by atoms with Crippen molar-refractivity contribution in [2.24, 2.45) is 0 Å². The van der Waals surface area contributed by atoms with Crippen LogP contribution in [0.3, 0.4) is 0 Å². The second-order valence-electron chi connectivity index (χ2n) is 3.94. The van der Waals surface area contributed by atoms with Crippen molar-refractivity contribution in [1.82, 2.24) is 9.97 Å². The van der Waals surface area contributed by atoms with Gasteiger partial charge in [0.2, 0.25) is 5.95 Å². The van der Waals surface area contributed by atoms with Crippen LogP contribution in [-0.2, 0) is 6.42 Å². The number of nitrogens with zero attached hydrogens (tertiary/aromatic N) is 2. The molecule has 0 spiro atoms. The second-order valence-corrected chi connectivity index (χ2v) is 3.94. The van der Waals surface area contributed by atoms with E-state index in [0.717, 1.165) is 17.7 Å². The molecule has 0 fully saturated rings. The molecule has 1 aromatic heterocycles. The quantitative estimate of drug-likeness (QED) is 0.864. The van der Waals surface area contributed by atoms with E-state index < -0.39 is 0 Å². The normalized spacial score (nSPS) is 10.5. The molecule has 88 valence electrons. The summed E-state index contributed by atoms with van der Waals surface area (Å²) < 4.78 is 13.7. The lowest BCUT2D eigenvalue weighted by atomic mass is 10.1. The average molecular weight is 231 g/mol. The number of nitrogens with two attached hydrogens (primary N) is 1. The minimum atomic E-state index is -0.296. The third-order valence-electron chi connectivity index (χ3n) is 2.56. The SMILES string of the molecule is CCc1cc(-c2cc(C)ccc2F)nc(N)n1. The van der Waals surface area contributed by atoms with E-state index in [1.807, 2.05) is 13.8 Å². The van der Waals surface area contributed by atoms with Gasteiger partial charge < -0.3 is 5.73 Å². The monoisotopic (exact) mass is 231 g/mol. The molecule has 0 aliphatic carbocycles. The standard InChI is InChI=1S/C13H14FN3/c1-3-9-7-12(17-13(15)16-9)10-6-8(2)4-5-11(10)14/h4-7H,3H2,1-2H3,(H2,15,16,17). The summed E-state index contributed by atoms with van der Waals surface area (Å²) in [7, 11) is 0. The van der Waals surface area contributed by atoms with Gasteiger partial charge in [0, 0.05) is 11.3 Å². The van der Waals surface area contributed by atoms with Crippen LogP contribution >= 0.6 is 0 Å². The van der Waals surface area contributed by atoms with E-state index >= 15 is 0 Å².